The molecule has 0 atom stereocenters. The third-order valence-corrected chi connectivity index (χ3v) is 1.23. The van der Waals surface area contributed by atoms with Crippen LogP contribution in [0.2, 0.25) is 0 Å². The van der Waals surface area contributed by atoms with Gasteiger partial charge in [-0.1, -0.05) is 0 Å². The number of hydrogen-bond acceptors (Lipinski definition) is 4. The monoisotopic (exact) mass is 153 g/mol. The SMILES string of the molecule is Nc1ccc(C(=O)OO)cc1. The van der Waals surface area contributed by atoms with E-state index in [2.05, 4.69) is 4.89 Å². The van der Waals surface area contributed by atoms with Crippen molar-refractivity contribution < 1.29 is 14.9 Å². The van der Waals surface area contributed by atoms with E-state index in [9.17, 15) is 4.79 Å². The summed E-state index contributed by atoms with van der Waals surface area (Å²) in [7, 11) is 0. The molecule has 0 aromatic heterocycles. The average Bonchev–Trinajstić information content (AvgIpc) is 2.05. The molecule has 0 saturated heterocycles. The third kappa shape index (κ3) is 1.68. The number of carbonyl (C=O) groups is 1. The maximum absolute atomic E-state index is 10.6. The summed E-state index contributed by atoms with van der Waals surface area (Å²) in [6.45, 7) is 0. The molecule has 0 amide bonds. The highest BCUT2D eigenvalue weighted by Crippen LogP contribution is 2.05. The van der Waals surface area contributed by atoms with E-state index in [0.717, 1.165) is 0 Å². The van der Waals surface area contributed by atoms with Gasteiger partial charge in [0.15, 0.2) is 0 Å². The summed E-state index contributed by atoms with van der Waals surface area (Å²) in [5, 5.41) is 7.98. The summed E-state index contributed by atoms with van der Waals surface area (Å²) in [5.41, 5.74) is 6.17. The van der Waals surface area contributed by atoms with Gasteiger partial charge >= 0.3 is 5.97 Å². The van der Waals surface area contributed by atoms with Gasteiger partial charge in [-0.2, -0.15) is 5.26 Å². The molecule has 0 radical (unpaired) electrons. The van der Waals surface area contributed by atoms with Crippen LogP contribution in [0.15, 0.2) is 24.3 Å². The summed E-state index contributed by atoms with van der Waals surface area (Å²) < 4.78 is 0. The van der Waals surface area contributed by atoms with E-state index in [1.807, 2.05) is 0 Å². The predicted molar refractivity (Wildman–Crippen MR) is 38.9 cm³/mol. The standard InChI is InChI=1S/C7H7NO3/c8-6-3-1-5(2-4-6)7(9)11-10/h1-4,10H,8H2. The smallest absolute Gasteiger partial charge is 0.372 e. The number of anilines is 1. The van der Waals surface area contributed by atoms with E-state index in [-0.39, 0.29) is 5.56 Å². The molecule has 0 heterocycles. The first-order chi connectivity index (χ1) is 5.24. The van der Waals surface area contributed by atoms with Crippen molar-refractivity contribution in [3.8, 4) is 0 Å². The van der Waals surface area contributed by atoms with E-state index in [0.29, 0.717) is 5.69 Å². The second-order valence-electron chi connectivity index (χ2n) is 2.00. The van der Waals surface area contributed by atoms with Gasteiger partial charge in [-0.3, -0.25) is 4.89 Å². The van der Waals surface area contributed by atoms with Gasteiger partial charge in [0.25, 0.3) is 0 Å². The summed E-state index contributed by atoms with van der Waals surface area (Å²) >= 11 is 0. The molecule has 1 aromatic carbocycles. The maximum atomic E-state index is 10.6. The molecule has 11 heavy (non-hydrogen) atoms. The molecule has 4 heteroatoms. The van der Waals surface area contributed by atoms with Crippen LogP contribution in [0, 0.1) is 0 Å². The average molecular weight is 153 g/mol. The molecule has 0 aliphatic heterocycles. The van der Waals surface area contributed by atoms with Crippen LogP contribution >= 0.6 is 0 Å². The predicted octanol–water partition coefficient (Wildman–Crippen LogP) is 0.899. The largest absolute Gasteiger partial charge is 0.399 e. The Labute approximate surface area is 63.1 Å². The summed E-state index contributed by atoms with van der Waals surface area (Å²) in [6.07, 6.45) is 0. The van der Waals surface area contributed by atoms with Crippen LogP contribution in [0.3, 0.4) is 0 Å². The lowest BCUT2D eigenvalue weighted by Gasteiger charge is -1.95. The molecule has 0 aliphatic rings. The lowest BCUT2D eigenvalue weighted by Crippen LogP contribution is -2.01. The molecule has 0 spiro atoms. The van der Waals surface area contributed by atoms with E-state index in [1.54, 1.807) is 12.1 Å². The van der Waals surface area contributed by atoms with Gasteiger partial charge < -0.3 is 5.73 Å². The topological polar surface area (TPSA) is 72.6 Å². The number of hydrogen-bond donors (Lipinski definition) is 2. The van der Waals surface area contributed by atoms with Crippen LogP contribution in [0.4, 0.5) is 5.69 Å². The molecule has 4 nitrogen and oxygen atoms in total. The Morgan fingerprint density at radius 1 is 1.36 bits per heavy atom. The van der Waals surface area contributed by atoms with E-state index >= 15 is 0 Å². The molecule has 0 saturated carbocycles. The lowest BCUT2D eigenvalue weighted by atomic mass is 10.2. The van der Waals surface area contributed by atoms with Gasteiger partial charge in [0, 0.05) is 5.69 Å². The highest BCUT2D eigenvalue weighted by atomic mass is 17.1. The minimum atomic E-state index is -0.787. The van der Waals surface area contributed by atoms with Gasteiger partial charge in [0.2, 0.25) is 0 Å². The van der Waals surface area contributed by atoms with Crippen molar-refractivity contribution in [3.63, 3.8) is 0 Å². The first kappa shape index (κ1) is 7.56. The second kappa shape index (κ2) is 3.03. The number of nitrogen functional groups attached to an aromatic ring is 1. The number of benzene rings is 1. The van der Waals surface area contributed by atoms with Crippen LogP contribution in [0.25, 0.3) is 0 Å². The summed E-state index contributed by atoms with van der Waals surface area (Å²) in [6, 6.07) is 6.03. The van der Waals surface area contributed by atoms with Crippen LogP contribution in [0.5, 0.6) is 0 Å². The Hall–Kier alpha value is -1.55. The van der Waals surface area contributed by atoms with Crippen LogP contribution in [0.1, 0.15) is 10.4 Å². The molecular weight excluding hydrogens is 146 g/mol. The third-order valence-electron chi connectivity index (χ3n) is 1.23. The molecule has 0 fully saturated rings. The van der Waals surface area contributed by atoms with Crippen molar-refractivity contribution in [2.45, 2.75) is 0 Å². The zero-order chi connectivity index (χ0) is 8.27. The molecule has 0 bridgehead atoms. The first-order valence-electron chi connectivity index (χ1n) is 2.95. The minimum Gasteiger partial charge on any atom is -0.399 e. The zero-order valence-electron chi connectivity index (χ0n) is 5.65. The molecule has 1 aromatic rings. The zero-order valence-corrected chi connectivity index (χ0v) is 5.65. The van der Waals surface area contributed by atoms with E-state index in [4.69, 9.17) is 11.0 Å². The molecule has 1 rings (SSSR count). The highest BCUT2D eigenvalue weighted by Gasteiger charge is 2.04. The Kier molecular flexibility index (Phi) is 2.08. The van der Waals surface area contributed by atoms with Crippen molar-refractivity contribution in [1.29, 1.82) is 0 Å². The number of carbonyl (C=O) groups excluding carboxylic acids is 1. The van der Waals surface area contributed by atoms with Crippen molar-refractivity contribution in [1.82, 2.24) is 0 Å². The quantitative estimate of drug-likeness (QED) is 0.357. The van der Waals surface area contributed by atoms with Crippen molar-refractivity contribution >= 4 is 11.7 Å². The van der Waals surface area contributed by atoms with Crippen LogP contribution in [-0.2, 0) is 4.89 Å². The van der Waals surface area contributed by atoms with Gasteiger partial charge in [0.05, 0.1) is 5.56 Å². The van der Waals surface area contributed by atoms with Crippen molar-refractivity contribution in [2.75, 3.05) is 5.73 Å². The fourth-order valence-corrected chi connectivity index (χ4v) is 0.672. The molecular formula is C7H7NO3. The Balaban J connectivity index is 2.90. The van der Waals surface area contributed by atoms with Gasteiger partial charge in [0.1, 0.15) is 0 Å². The lowest BCUT2D eigenvalue weighted by molar-refractivity contribution is -0.182. The fourth-order valence-electron chi connectivity index (χ4n) is 0.672. The van der Waals surface area contributed by atoms with Crippen molar-refractivity contribution in [2.24, 2.45) is 0 Å². The summed E-state index contributed by atoms with van der Waals surface area (Å²) in [4.78, 5) is 14.1. The molecule has 0 aliphatic carbocycles. The molecule has 58 valence electrons. The second-order valence-corrected chi connectivity index (χ2v) is 2.00. The Morgan fingerprint density at radius 2 is 1.91 bits per heavy atom. The van der Waals surface area contributed by atoms with Crippen LogP contribution in [-0.4, -0.2) is 11.2 Å². The van der Waals surface area contributed by atoms with Gasteiger partial charge in [-0.15, -0.1) is 0 Å². The molecule has 0 unspecified atom stereocenters. The Morgan fingerprint density at radius 3 is 2.36 bits per heavy atom. The first-order valence-corrected chi connectivity index (χ1v) is 2.95. The van der Waals surface area contributed by atoms with Gasteiger partial charge in [-0.25, -0.2) is 4.79 Å². The molecule has 3 N–H and O–H groups in total. The summed E-state index contributed by atoms with van der Waals surface area (Å²) in [5.74, 6) is -0.787. The number of nitrogens with two attached hydrogens (primary N) is 1. The Bertz CT molecular complexity index is 255. The van der Waals surface area contributed by atoms with E-state index in [1.165, 1.54) is 12.1 Å². The highest BCUT2D eigenvalue weighted by molar-refractivity contribution is 5.89. The van der Waals surface area contributed by atoms with Crippen LogP contribution < -0.4 is 5.73 Å². The maximum Gasteiger partial charge on any atom is 0.372 e. The normalized spacial score (nSPS) is 9.18. The van der Waals surface area contributed by atoms with Gasteiger partial charge in [-0.05, 0) is 24.3 Å². The fraction of sp³-hybridized carbons (Fsp3) is 0. The van der Waals surface area contributed by atoms with Crippen molar-refractivity contribution in [3.05, 3.63) is 29.8 Å². The number of rotatable bonds is 1. The minimum absolute atomic E-state index is 0.265. The van der Waals surface area contributed by atoms with E-state index < -0.39 is 5.97 Å².